The van der Waals surface area contributed by atoms with Crippen molar-refractivity contribution in [3.05, 3.63) is 29.1 Å². The van der Waals surface area contributed by atoms with Crippen molar-refractivity contribution in [3.63, 3.8) is 0 Å². The molecular formula is C19H26FNO3. The minimum atomic E-state index is -0.528. The standard InChI is InChI=1S/C19H26FNO3/c1-12(23-2)14-6-4-13(5-7-14)10-21-11-15-8-9-16(24-3)18(20)17(15)19(21)22/h8-9,12-14H,4-7,10-11H2,1-3H3/t12-,13?,14?/m0/s1. The van der Waals surface area contributed by atoms with Crippen LogP contribution in [0.25, 0.3) is 0 Å². The lowest BCUT2D eigenvalue weighted by atomic mass is 9.79. The molecule has 1 fully saturated rings. The second-order valence-electron chi connectivity index (χ2n) is 7.02. The Labute approximate surface area is 142 Å². The predicted molar refractivity (Wildman–Crippen MR) is 89.6 cm³/mol. The fourth-order valence-corrected chi connectivity index (χ4v) is 4.04. The van der Waals surface area contributed by atoms with Gasteiger partial charge in [-0.05, 0) is 56.1 Å². The summed E-state index contributed by atoms with van der Waals surface area (Å²) >= 11 is 0. The molecule has 1 aliphatic heterocycles. The Balaban J connectivity index is 1.62. The number of benzene rings is 1. The molecule has 1 saturated carbocycles. The maximum atomic E-state index is 14.4. The number of methoxy groups -OCH3 is 2. The smallest absolute Gasteiger partial charge is 0.257 e. The van der Waals surface area contributed by atoms with E-state index in [1.165, 1.54) is 7.11 Å². The van der Waals surface area contributed by atoms with Crippen LogP contribution in [0.3, 0.4) is 0 Å². The van der Waals surface area contributed by atoms with Gasteiger partial charge in [-0.1, -0.05) is 6.07 Å². The SMILES string of the molecule is COc1ccc2c(c1F)C(=O)N(CC1CCC([C@H](C)OC)CC1)C2. The van der Waals surface area contributed by atoms with Gasteiger partial charge in [0.15, 0.2) is 11.6 Å². The first-order chi connectivity index (χ1) is 11.5. The molecule has 0 bridgehead atoms. The normalized spacial score (nSPS) is 24.8. The molecule has 1 atom stereocenters. The predicted octanol–water partition coefficient (Wildman–Crippen LogP) is 3.63. The Morgan fingerprint density at radius 2 is 1.96 bits per heavy atom. The summed E-state index contributed by atoms with van der Waals surface area (Å²) in [5.74, 6) is 0.514. The average molecular weight is 335 g/mol. The number of carbonyl (C=O) groups excluding carboxylic acids is 1. The van der Waals surface area contributed by atoms with E-state index in [9.17, 15) is 9.18 Å². The molecule has 5 heteroatoms. The molecule has 0 saturated heterocycles. The van der Waals surface area contributed by atoms with Gasteiger partial charge in [0.2, 0.25) is 0 Å². The lowest BCUT2D eigenvalue weighted by Gasteiger charge is -2.33. The van der Waals surface area contributed by atoms with Gasteiger partial charge in [0.05, 0.1) is 18.8 Å². The third kappa shape index (κ3) is 3.14. The Hall–Kier alpha value is -1.62. The van der Waals surface area contributed by atoms with E-state index in [2.05, 4.69) is 6.92 Å². The van der Waals surface area contributed by atoms with E-state index in [1.807, 2.05) is 0 Å². The average Bonchev–Trinajstić information content (AvgIpc) is 2.92. The molecule has 1 aliphatic carbocycles. The van der Waals surface area contributed by atoms with Crippen LogP contribution in [-0.2, 0) is 11.3 Å². The van der Waals surface area contributed by atoms with Crippen molar-refractivity contribution < 1.29 is 18.7 Å². The zero-order chi connectivity index (χ0) is 17.3. The summed E-state index contributed by atoms with van der Waals surface area (Å²) in [5, 5.41) is 0. The summed E-state index contributed by atoms with van der Waals surface area (Å²) in [6.07, 6.45) is 4.77. The molecule has 2 aliphatic rings. The summed E-state index contributed by atoms with van der Waals surface area (Å²) in [6, 6.07) is 3.40. The number of rotatable bonds is 5. The number of hydrogen-bond donors (Lipinski definition) is 0. The van der Waals surface area contributed by atoms with Crippen LogP contribution in [0.15, 0.2) is 12.1 Å². The van der Waals surface area contributed by atoms with Gasteiger partial charge in [0.1, 0.15) is 0 Å². The molecule has 4 nitrogen and oxygen atoms in total. The number of halogens is 1. The monoisotopic (exact) mass is 335 g/mol. The molecule has 1 amide bonds. The van der Waals surface area contributed by atoms with E-state index in [4.69, 9.17) is 9.47 Å². The van der Waals surface area contributed by atoms with Gasteiger partial charge < -0.3 is 14.4 Å². The summed E-state index contributed by atoms with van der Waals surface area (Å²) in [5.41, 5.74) is 0.955. The van der Waals surface area contributed by atoms with Crippen molar-refractivity contribution in [2.75, 3.05) is 20.8 Å². The molecular weight excluding hydrogens is 309 g/mol. The quantitative estimate of drug-likeness (QED) is 0.825. The number of amides is 1. The van der Waals surface area contributed by atoms with Gasteiger partial charge in [-0.25, -0.2) is 4.39 Å². The minimum Gasteiger partial charge on any atom is -0.494 e. The molecule has 132 valence electrons. The zero-order valence-electron chi connectivity index (χ0n) is 14.7. The summed E-state index contributed by atoms with van der Waals surface area (Å²) in [6.45, 7) is 3.34. The van der Waals surface area contributed by atoms with Gasteiger partial charge in [0, 0.05) is 20.2 Å². The number of nitrogens with zero attached hydrogens (tertiary/aromatic N) is 1. The van der Waals surface area contributed by atoms with Crippen LogP contribution in [0, 0.1) is 17.7 Å². The molecule has 1 heterocycles. The lowest BCUT2D eigenvalue weighted by Crippen LogP contribution is -2.33. The van der Waals surface area contributed by atoms with Crippen molar-refractivity contribution in [2.24, 2.45) is 11.8 Å². The first-order valence-electron chi connectivity index (χ1n) is 8.72. The van der Waals surface area contributed by atoms with Crippen LogP contribution in [0.4, 0.5) is 4.39 Å². The van der Waals surface area contributed by atoms with E-state index in [0.717, 1.165) is 31.2 Å². The molecule has 0 radical (unpaired) electrons. The first kappa shape index (κ1) is 17.2. The van der Waals surface area contributed by atoms with Gasteiger partial charge >= 0.3 is 0 Å². The maximum absolute atomic E-state index is 14.4. The molecule has 3 rings (SSSR count). The van der Waals surface area contributed by atoms with Gasteiger partial charge in [-0.15, -0.1) is 0 Å². The van der Waals surface area contributed by atoms with Crippen molar-refractivity contribution >= 4 is 5.91 Å². The largest absolute Gasteiger partial charge is 0.494 e. The topological polar surface area (TPSA) is 38.8 Å². The van der Waals surface area contributed by atoms with Crippen molar-refractivity contribution in [1.29, 1.82) is 0 Å². The van der Waals surface area contributed by atoms with Crippen LogP contribution >= 0.6 is 0 Å². The van der Waals surface area contributed by atoms with Crippen molar-refractivity contribution in [2.45, 2.75) is 45.3 Å². The van der Waals surface area contributed by atoms with Crippen molar-refractivity contribution in [3.8, 4) is 5.75 Å². The highest BCUT2D eigenvalue weighted by atomic mass is 19.1. The van der Waals surface area contributed by atoms with Crippen LogP contribution in [-0.4, -0.2) is 37.7 Å². The van der Waals surface area contributed by atoms with E-state index in [0.29, 0.717) is 31.0 Å². The fraction of sp³-hybridized carbons (Fsp3) is 0.632. The van der Waals surface area contributed by atoms with Crippen molar-refractivity contribution in [1.82, 2.24) is 4.90 Å². The Bertz CT molecular complexity index is 611. The highest BCUT2D eigenvalue weighted by Crippen LogP contribution is 2.35. The van der Waals surface area contributed by atoms with Crippen LogP contribution in [0.5, 0.6) is 5.75 Å². The van der Waals surface area contributed by atoms with Gasteiger partial charge in [-0.3, -0.25) is 4.79 Å². The van der Waals surface area contributed by atoms with Gasteiger partial charge in [-0.2, -0.15) is 0 Å². The molecule has 0 spiro atoms. The molecule has 1 aromatic carbocycles. The lowest BCUT2D eigenvalue weighted by molar-refractivity contribution is 0.0381. The van der Waals surface area contributed by atoms with E-state index < -0.39 is 5.82 Å². The minimum absolute atomic E-state index is 0.137. The second-order valence-corrected chi connectivity index (χ2v) is 7.02. The Morgan fingerprint density at radius 1 is 1.25 bits per heavy atom. The summed E-state index contributed by atoms with van der Waals surface area (Å²) in [4.78, 5) is 14.4. The molecule has 0 unspecified atom stereocenters. The zero-order valence-corrected chi connectivity index (χ0v) is 14.7. The third-order valence-corrected chi connectivity index (χ3v) is 5.68. The molecule has 0 aromatic heterocycles. The number of fused-ring (bicyclic) bond motifs is 1. The fourth-order valence-electron chi connectivity index (χ4n) is 4.04. The maximum Gasteiger partial charge on any atom is 0.257 e. The molecule has 0 N–H and O–H groups in total. The van der Waals surface area contributed by atoms with Crippen LogP contribution in [0.1, 0.15) is 48.5 Å². The van der Waals surface area contributed by atoms with E-state index in [1.54, 1.807) is 24.1 Å². The number of ether oxygens (including phenoxy) is 2. The Kier molecular flexibility index (Phi) is 5.09. The third-order valence-electron chi connectivity index (χ3n) is 5.68. The van der Waals surface area contributed by atoms with E-state index in [-0.39, 0.29) is 17.2 Å². The number of carbonyl (C=O) groups is 1. The Morgan fingerprint density at radius 3 is 2.58 bits per heavy atom. The van der Waals surface area contributed by atoms with Gasteiger partial charge in [0.25, 0.3) is 5.91 Å². The van der Waals surface area contributed by atoms with Crippen LogP contribution in [0.2, 0.25) is 0 Å². The highest BCUT2D eigenvalue weighted by Gasteiger charge is 2.34. The molecule has 24 heavy (non-hydrogen) atoms. The van der Waals surface area contributed by atoms with Crippen LogP contribution < -0.4 is 4.74 Å². The molecule has 1 aromatic rings. The first-order valence-corrected chi connectivity index (χ1v) is 8.72. The second kappa shape index (κ2) is 7.09. The summed E-state index contributed by atoms with van der Waals surface area (Å²) < 4.78 is 24.8. The number of hydrogen-bond acceptors (Lipinski definition) is 3. The highest BCUT2D eigenvalue weighted by molar-refractivity contribution is 5.99. The summed E-state index contributed by atoms with van der Waals surface area (Å²) in [7, 11) is 3.18. The van der Waals surface area contributed by atoms with E-state index >= 15 is 0 Å².